The van der Waals surface area contributed by atoms with Crippen molar-refractivity contribution < 1.29 is 23.8 Å². The topological polar surface area (TPSA) is 110 Å². The number of anilines is 3. The average Bonchev–Trinajstić information content (AvgIpc) is 3.23. The summed E-state index contributed by atoms with van der Waals surface area (Å²) in [4.78, 5) is 34.4. The summed E-state index contributed by atoms with van der Waals surface area (Å²) in [6.45, 7) is 1.99. The van der Waals surface area contributed by atoms with Crippen LogP contribution in [0.2, 0.25) is 0 Å². The molecule has 35 heavy (non-hydrogen) atoms. The standard InChI is InChI=1S/C25H28FN5O4/c1-14-3-8-17-20(30(14)25(34)35-2)9-10-21-22(17)29-24(28-19-11-12-27-13-18(19)26)31(21)16-6-4-15(5-7-16)23(32)33/h9-16H,3-8H2,1-2H3,(H,32,33)(H,27,28,29)/t14-,15?,16?/m0/s1. The number of imidazole rings is 1. The quantitative estimate of drug-likeness (QED) is 0.537. The summed E-state index contributed by atoms with van der Waals surface area (Å²) < 4.78 is 21.5. The highest BCUT2D eigenvalue weighted by Gasteiger charge is 2.33. The Balaban J connectivity index is 1.63. The van der Waals surface area contributed by atoms with E-state index in [0.29, 0.717) is 31.6 Å². The van der Waals surface area contributed by atoms with Gasteiger partial charge in [0.05, 0.1) is 41.6 Å². The number of amides is 1. The second-order valence-electron chi connectivity index (χ2n) is 9.29. The Kier molecular flexibility index (Phi) is 6.04. The van der Waals surface area contributed by atoms with E-state index in [4.69, 9.17) is 9.72 Å². The van der Waals surface area contributed by atoms with Crippen LogP contribution in [0.3, 0.4) is 0 Å². The molecule has 1 aromatic carbocycles. The number of ether oxygens (including phenoxy) is 1. The maximum Gasteiger partial charge on any atom is 0.414 e. The number of carbonyl (C=O) groups excluding carboxylic acids is 1. The first-order chi connectivity index (χ1) is 16.9. The first-order valence-corrected chi connectivity index (χ1v) is 11.9. The average molecular weight is 482 g/mol. The van der Waals surface area contributed by atoms with Crippen molar-refractivity contribution in [3.05, 3.63) is 42.0 Å². The largest absolute Gasteiger partial charge is 0.481 e. The van der Waals surface area contributed by atoms with E-state index in [9.17, 15) is 19.1 Å². The number of rotatable bonds is 4. The molecular formula is C25H28FN5O4. The van der Waals surface area contributed by atoms with Gasteiger partial charge in [-0.1, -0.05) is 0 Å². The molecule has 0 saturated heterocycles. The lowest BCUT2D eigenvalue weighted by Gasteiger charge is -2.34. The highest BCUT2D eigenvalue weighted by atomic mass is 19.1. The van der Waals surface area contributed by atoms with Gasteiger partial charge in [-0.15, -0.1) is 0 Å². The summed E-state index contributed by atoms with van der Waals surface area (Å²) in [7, 11) is 1.37. The molecule has 2 aromatic heterocycles. The van der Waals surface area contributed by atoms with Gasteiger partial charge in [-0.3, -0.25) is 14.7 Å². The van der Waals surface area contributed by atoms with Gasteiger partial charge in [-0.2, -0.15) is 0 Å². The number of hydrogen-bond donors (Lipinski definition) is 2. The van der Waals surface area contributed by atoms with E-state index in [0.717, 1.165) is 41.3 Å². The van der Waals surface area contributed by atoms with E-state index in [2.05, 4.69) is 14.9 Å². The molecular weight excluding hydrogens is 453 g/mol. The molecule has 1 amide bonds. The van der Waals surface area contributed by atoms with Crippen molar-refractivity contribution in [2.75, 3.05) is 17.3 Å². The normalized spacial score (nSPS) is 22.0. The summed E-state index contributed by atoms with van der Waals surface area (Å²) in [6.07, 6.45) is 6.24. The fraction of sp³-hybridized carbons (Fsp3) is 0.440. The summed E-state index contributed by atoms with van der Waals surface area (Å²) in [5.41, 5.74) is 3.60. The molecule has 1 aliphatic carbocycles. The lowest BCUT2D eigenvalue weighted by molar-refractivity contribution is -0.143. The number of nitrogens with zero attached hydrogens (tertiary/aromatic N) is 4. The van der Waals surface area contributed by atoms with E-state index >= 15 is 0 Å². The SMILES string of the molecule is COC(=O)N1c2ccc3c(nc(Nc4ccncc4F)n3C3CCC(C(=O)O)CC3)c2CC[C@@H]1C. The fourth-order valence-electron chi connectivity index (χ4n) is 5.41. The molecule has 5 rings (SSSR count). The number of fused-ring (bicyclic) bond motifs is 3. The molecule has 0 unspecified atom stereocenters. The number of pyridine rings is 1. The van der Waals surface area contributed by atoms with E-state index in [1.165, 1.54) is 13.3 Å². The number of benzene rings is 1. The Labute approximate surface area is 201 Å². The maximum absolute atomic E-state index is 14.5. The zero-order chi connectivity index (χ0) is 24.7. The first kappa shape index (κ1) is 23.1. The lowest BCUT2D eigenvalue weighted by Crippen LogP contribution is -2.42. The zero-order valence-corrected chi connectivity index (χ0v) is 19.7. The first-order valence-electron chi connectivity index (χ1n) is 11.9. The van der Waals surface area contributed by atoms with Crippen LogP contribution in [0, 0.1) is 11.7 Å². The zero-order valence-electron chi connectivity index (χ0n) is 19.7. The van der Waals surface area contributed by atoms with Crippen molar-refractivity contribution in [2.24, 2.45) is 5.92 Å². The Morgan fingerprint density at radius 1 is 1.17 bits per heavy atom. The number of halogens is 1. The van der Waals surface area contributed by atoms with Gasteiger partial charge in [-0.05, 0) is 63.6 Å². The number of aliphatic carboxylic acids is 1. The van der Waals surface area contributed by atoms with E-state index in [-0.39, 0.29) is 23.7 Å². The molecule has 2 N–H and O–H groups in total. The highest BCUT2D eigenvalue weighted by Crippen LogP contribution is 2.42. The molecule has 1 aliphatic heterocycles. The Hall–Kier alpha value is -3.69. The van der Waals surface area contributed by atoms with Crippen molar-refractivity contribution in [2.45, 2.75) is 57.5 Å². The fourth-order valence-corrected chi connectivity index (χ4v) is 5.41. The number of aryl methyl sites for hydroxylation is 1. The molecule has 1 atom stereocenters. The van der Waals surface area contributed by atoms with Crippen molar-refractivity contribution in [3.63, 3.8) is 0 Å². The van der Waals surface area contributed by atoms with Gasteiger partial charge in [0.2, 0.25) is 5.95 Å². The summed E-state index contributed by atoms with van der Waals surface area (Å²) in [5, 5.41) is 12.6. The van der Waals surface area contributed by atoms with E-state index < -0.39 is 17.9 Å². The van der Waals surface area contributed by atoms with Crippen LogP contribution in [0.4, 0.5) is 26.5 Å². The summed E-state index contributed by atoms with van der Waals surface area (Å²) >= 11 is 0. The second kappa shape index (κ2) is 9.16. The minimum absolute atomic E-state index is 0.00991. The third-order valence-corrected chi connectivity index (χ3v) is 7.26. The van der Waals surface area contributed by atoms with Crippen LogP contribution >= 0.6 is 0 Å². The van der Waals surface area contributed by atoms with Crippen molar-refractivity contribution >= 4 is 40.4 Å². The van der Waals surface area contributed by atoms with Crippen LogP contribution in [0.15, 0.2) is 30.6 Å². The number of methoxy groups -OCH3 is 1. The number of hydrogen-bond acceptors (Lipinski definition) is 6. The van der Waals surface area contributed by atoms with Gasteiger partial charge >= 0.3 is 12.1 Å². The number of carboxylic acids is 1. The molecule has 9 nitrogen and oxygen atoms in total. The monoisotopic (exact) mass is 481 g/mol. The van der Waals surface area contributed by atoms with E-state index in [1.54, 1.807) is 11.0 Å². The van der Waals surface area contributed by atoms with Crippen LogP contribution in [-0.4, -0.2) is 44.9 Å². The summed E-state index contributed by atoms with van der Waals surface area (Å²) in [6, 6.07) is 5.41. The maximum atomic E-state index is 14.5. The molecule has 3 heterocycles. The van der Waals surface area contributed by atoms with Gasteiger partial charge in [-0.25, -0.2) is 14.2 Å². The second-order valence-corrected chi connectivity index (χ2v) is 9.29. The molecule has 184 valence electrons. The van der Waals surface area contributed by atoms with Crippen LogP contribution in [0.1, 0.15) is 50.6 Å². The number of carboxylic acid groups (broad SMARTS) is 1. The summed E-state index contributed by atoms with van der Waals surface area (Å²) in [5.74, 6) is -1.12. The van der Waals surface area contributed by atoms with Crippen molar-refractivity contribution in [3.8, 4) is 0 Å². The molecule has 1 fully saturated rings. The van der Waals surface area contributed by atoms with E-state index in [1.807, 2.05) is 19.1 Å². The van der Waals surface area contributed by atoms with Gasteiger partial charge in [0.25, 0.3) is 0 Å². The predicted octanol–water partition coefficient (Wildman–Crippen LogP) is 5.04. The van der Waals surface area contributed by atoms with Crippen molar-refractivity contribution in [1.29, 1.82) is 0 Å². The third kappa shape index (κ3) is 4.06. The van der Waals surface area contributed by atoms with Gasteiger partial charge in [0.1, 0.15) is 0 Å². The molecule has 10 heteroatoms. The van der Waals surface area contributed by atoms with Gasteiger partial charge < -0.3 is 19.7 Å². The smallest absolute Gasteiger partial charge is 0.414 e. The third-order valence-electron chi connectivity index (χ3n) is 7.26. The highest BCUT2D eigenvalue weighted by molar-refractivity contribution is 5.96. The Morgan fingerprint density at radius 2 is 1.94 bits per heavy atom. The molecule has 2 aliphatic rings. The van der Waals surface area contributed by atoms with Gasteiger partial charge in [0, 0.05) is 23.8 Å². The molecule has 1 saturated carbocycles. The minimum atomic E-state index is -0.762. The molecule has 0 bridgehead atoms. The molecule has 0 radical (unpaired) electrons. The predicted molar refractivity (Wildman–Crippen MR) is 129 cm³/mol. The van der Waals surface area contributed by atoms with Crippen LogP contribution in [0.25, 0.3) is 11.0 Å². The van der Waals surface area contributed by atoms with Crippen LogP contribution in [-0.2, 0) is 16.0 Å². The minimum Gasteiger partial charge on any atom is -0.481 e. The Morgan fingerprint density at radius 3 is 2.63 bits per heavy atom. The van der Waals surface area contributed by atoms with Crippen LogP contribution in [0.5, 0.6) is 0 Å². The van der Waals surface area contributed by atoms with Crippen LogP contribution < -0.4 is 10.2 Å². The molecule has 0 spiro atoms. The lowest BCUT2D eigenvalue weighted by atomic mass is 9.86. The Bertz CT molecular complexity index is 1280. The number of aromatic nitrogens is 3. The van der Waals surface area contributed by atoms with Gasteiger partial charge in [0.15, 0.2) is 5.82 Å². The van der Waals surface area contributed by atoms with Crippen molar-refractivity contribution in [1.82, 2.24) is 14.5 Å². The number of nitrogens with one attached hydrogen (secondary N) is 1. The number of carbonyl (C=O) groups is 2. The molecule has 3 aromatic rings.